The summed E-state index contributed by atoms with van der Waals surface area (Å²) in [6, 6.07) is 12.7. The summed E-state index contributed by atoms with van der Waals surface area (Å²) in [6.45, 7) is 1.91. The van der Waals surface area contributed by atoms with Crippen molar-refractivity contribution in [2.24, 2.45) is 0 Å². The van der Waals surface area contributed by atoms with Gasteiger partial charge < -0.3 is 13.8 Å². The van der Waals surface area contributed by atoms with Gasteiger partial charge in [-0.05, 0) is 31.2 Å². The van der Waals surface area contributed by atoms with Crippen molar-refractivity contribution in [1.29, 1.82) is 0 Å². The molecule has 5 heteroatoms. The van der Waals surface area contributed by atoms with Crippen LogP contribution in [0.4, 0.5) is 0 Å². The number of carbonyl (C=O) groups excluding carboxylic acids is 1. The Kier molecular flexibility index (Phi) is 3.78. The normalized spacial score (nSPS) is 12.1. The van der Waals surface area contributed by atoms with Gasteiger partial charge in [0.2, 0.25) is 0 Å². The fourth-order valence-electron chi connectivity index (χ4n) is 2.26. The largest absolute Gasteiger partial charge is 0.464 e. The van der Waals surface area contributed by atoms with Crippen LogP contribution in [0.2, 0.25) is 0 Å². The molecule has 1 atom stereocenters. The number of aromatic nitrogens is 1. The lowest BCUT2D eigenvalue weighted by Crippen LogP contribution is -2.29. The summed E-state index contributed by atoms with van der Waals surface area (Å²) in [5.41, 5.74) is 2.20. The van der Waals surface area contributed by atoms with Crippen molar-refractivity contribution in [2.75, 3.05) is 7.05 Å². The topological polar surface area (TPSA) is 59.5 Å². The molecule has 0 N–H and O–H groups in total. The molecular weight excluding hydrogens is 280 g/mol. The molecule has 0 aliphatic heterocycles. The number of hydrogen-bond acceptors (Lipinski definition) is 4. The molecule has 3 aromatic rings. The molecule has 1 amide bonds. The predicted molar refractivity (Wildman–Crippen MR) is 81.2 cm³/mol. The molecular formula is C17H16N2O3. The van der Waals surface area contributed by atoms with E-state index in [4.69, 9.17) is 8.94 Å². The first kappa shape index (κ1) is 14.1. The van der Waals surface area contributed by atoms with E-state index in [0.29, 0.717) is 5.56 Å². The monoisotopic (exact) mass is 296 g/mol. The molecule has 0 aliphatic carbocycles. The summed E-state index contributed by atoms with van der Waals surface area (Å²) in [5.74, 6) is 0.658. The predicted octanol–water partition coefficient (Wildman–Crippen LogP) is 3.77. The van der Waals surface area contributed by atoms with Crippen LogP contribution in [0, 0.1) is 0 Å². The smallest absolute Gasteiger partial charge is 0.254 e. The lowest BCUT2D eigenvalue weighted by atomic mass is 10.1. The van der Waals surface area contributed by atoms with Gasteiger partial charge in [0.25, 0.3) is 5.91 Å². The third-order valence-corrected chi connectivity index (χ3v) is 3.70. The number of hydrogen-bond donors (Lipinski definition) is 0. The Balaban J connectivity index is 1.84. The van der Waals surface area contributed by atoms with E-state index in [0.717, 1.165) is 17.0 Å². The number of nitrogens with zero attached hydrogens (tertiary/aromatic N) is 2. The standard InChI is InChI=1S/C17H16N2O3/c1-12(15-8-10-22-18-15)19(2)17(20)14-6-3-5-13(11-14)16-7-4-9-21-16/h3-12H,1-2H3/t12-/m0/s1. The number of benzene rings is 1. The van der Waals surface area contributed by atoms with E-state index in [1.807, 2.05) is 37.3 Å². The van der Waals surface area contributed by atoms with E-state index >= 15 is 0 Å². The molecule has 3 rings (SSSR count). The summed E-state index contributed by atoms with van der Waals surface area (Å²) in [4.78, 5) is 14.3. The molecule has 112 valence electrons. The third-order valence-electron chi connectivity index (χ3n) is 3.70. The molecule has 22 heavy (non-hydrogen) atoms. The lowest BCUT2D eigenvalue weighted by molar-refractivity contribution is 0.0737. The van der Waals surface area contributed by atoms with Crippen LogP contribution in [0.3, 0.4) is 0 Å². The van der Waals surface area contributed by atoms with Crippen molar-refractivity contribution < 1.29 is 13.7 Å². The Bertz CT molecular complexity index is 748. The number of amides is 1. The van der Waals surface area contributed by atoms with Crippen LogP contribution in [0.5, 0.6) is 0 Å². The Morgan fingerprint density at radius 3 is 2.73 bits per heavy atom. The highest BCUT2D eigenvalue weighted by Gasteiger charge is 2.21. The zero-order valence-electron chi connectivity index (χ0n) is 12.4. The van der Waals surface area contributed by atoms with Crippen molar-refractivity contribution in [3.8, 4) is 11.3 Å². The van der Waals surface area contributed by atoms with Crippen molar-refractivity contribution in [1.82, 2.24) is 10.1 Å². The Morgan fingerprint density at radius 1 is 1.18 bits per heavy atom. The van der Waals surface area contributed by atoms with E-state index in [2.05, 4.69) is 5.16 Å². The van der Waals surface area contributed by atoms with Gasteiger partial charge >= 0.3 is 0 Å². The second-order valence-corrected chi connectivity index (χ2v) is 5.07. The van der Waals surface area contributed by atoms with Crippen LogP contribution in [0.25, 0.3) is 11.3 Å². The van der Waals surface area contributed by atoms with Gasteiger partial charge in [-0.1, -0.05) is 17.3 Å². The van der Waals surface area contributed by atoms with Gasteiger partial charge in [0.1, 0.15) is 17.7 Å². The highest BCUT2D eigenvalue weighted by Crippen LogP contribution is 2.23. The first-order valence-corrected chi connectivity index (χ1v) is 6.98. The second kappa shape index (κ2) is 5.89. The van der Waals surface area contributed by atoms with Crippen LogP contribution in [-0.2, 0) is 0 Å². The number of carbonyl (C=O) groups is 1. The van der Waals surface area contributed by atoms with Crippen molar-refractivity contribution in [3.05, 3.63) is 66.2 Å². The first-order chi connectivity index (χ1) is 10.7. The highest BCUT2D eigenvalue weighted by atomic mass is 16.5. The Hall–Kier alpha value is -2.82. The van der Waals surface area contributed by atoms with Gasteiger partial charge in [0.05, 0.1) is 12.3 Å². The van der Waals surface area contributed by atoms with E-state index in [1.165, 1.54) is 6.26 Å². The minimum atomic E-state index is -0.168. The summed E-state index contributed by atoms with van der Waals surface area (Å²) >= 11 is 0. The fourth-order valence-corrected chi connectivity index (χ4v) is 2.26. The van der Waals surface area contributed by atoms with Crippen molar-refractivity contribution >= 4 is 5.91 Å². The molecule has 2 heterocycles. The van der Waals surface area contributed by atoms with Crippen molar-refractivity contribution in [3.63, 3.8) is 0 Å². The zero-order valence-corrected chi connectivity index (χ0v) is 12.4. The maximum Gasteiger partial charge on any atom is 0.254 e. The maximum atomic E-state index is 12.6. The third kappa shape index (κ3) is 2.65. The zero-order chi connectivity index (χ0) is 15.5. The van der Waals surface area contributed by atoms with Gasteiger partial charge in [-0.2, -0.15) is 0 Å². The molecule has 2 aromatic heterocycles. The van der Waals surface area contributed by atoms with Crippen LogP contribution in [-0.4, -0.2) is 23.0 Å². The van der Waals surface area contributed by atoms with Gasteiger partial charge in [-0.3, -0.25) is 4.79 Å². The summed E-state index contributed by atoms with van der Waals surface area (Å²) in [7, 11) is 1.75. The average molecular weight is 296 g/mol. The maximum absolute atomic E-state index is 12.6. The van der Waals surface area contributed by atoms with Gasteiger partial charge in [0, 0.05) is 24.2 Å². The molecule has 0 radical (unpaired) electrons. The van der Waals surface area contributed by atoms with Crippen LogP contribution in [0.1, 0.15) is 29.0 Å². The molecule has 0 spiro atoms. The quantitative estimate of drug-likeness (QED) is 0.735. The molecule has 1 aromatic carbocycles. The summed E-state index contributed by atoms with van der Waals surface area (Å²) in [6.07, 6.45) is 3.12. The van der Waals surface area contributed by atoms with Crippen LogP contribution < -0.4 is 0 Å². The minimum absolute atomic E-state index is 0.0797. The molecule has 0 bridgehead atoms. The van der Waals surface area contributed by atoms with E-state index in [1.54, 1.807) is 30.3 Å². The Labute approximate surface area is 128 Å². The van der Waals surface area contributed by atoms with Crippen LogP contribution >= 0.6 is 0 Å². The van der Waals surface area contributed by atoms with E-state index in [-0.39, 0.29) is 11.9 Å². The lowest BCUT2D eigenvalue weighted by Gasteiger charge is -2.23. The Morgan fingerprint density at radius 2 is 2.05 bits per heavy atom. The molecule has 0 saturated heterocycles. The highest BCUT2D eigenvalue weighted by molar-refractivity contribution is 5.95. The molecule has 0 unspecified atom stereocenters. The SMILES string of the molecule is C[C@@H](c1ccon1)N(C)C(=O)c1cccc(-c2ccco2)c1. The minimum Gasteiger partial charge on any atom is -0.464 e. The molecule has 5 nitrogen and oxygen atoms in total. The van der Waals surface area contributed by atoms with E-state index < -0.39 is 0 Å². The molecule has 0 saturated carbocycles. The van der Waals surface area contributed by atoms with Gasteiger partial charge in [0.15, 0.2) is 0 Å². The molecule has 0 aliphatic rings. The summed E-state index contributed by atoms with van der Waals surface area (Å²) < 4.78 is 10.2. The molecule has 0 fully saturated rings. The average Bonchev–Trinajstić information content (AvgIpc) is 3.25. The first-order valence-electron chi connectivity index (χ1n) is 6.98. The van der Waals surface area contributed by atoms with Crippen molar-refractivity contribution in [2.45, 2.75) is 13.0 Å². The van der Waals surface area contributed by atoms with E-state index in [9.17, 15) is 4.79 Å². The number of rotatable bonds is 4. The second-order valence-electron chi connectivity index (χ2n) is 5.07. The van der Waals surface area contributed by atoms with Crippen LogP contribution in [0.15, 0.2) is 63.9 Å². The summed E-state index contributed by atoms with van der Waals surface area (Å²) in [5, 5.41) is 3.89. The van der Waals surface area contributed by atoms with Gasteiger partial charge in [-0.25, -0.2) is 0 Å². The number of furan rings is 1. The van der Waals surface area contributed by atoms with Gasteiger partial charge in [-0.15, -0.1) is 0 Å². The fraction of sp³-hybridized carbons (Fsp3) is 0.176.